The molecule has 90 valence electrons. The van der Waals surface area contributed by atoms with Crippen LogP contribution < -0.4 is 5.73 Å². The molecule has 0 fully saturated rings. The average Bonchev–Trinajstić information content (AvgIpc) is 2.78. The lowest BCUT2D eigenvalue weighted by molar-refractivity contribution is -0.125. The van der Waals surface area contributed by atoms with Gasteiger partial charge in [-0.1, -0.05) is 19.8 Å². The molecule has 1 rings (SSSR count). The summed E-state index contributed by atoms with van der Waals surface area (Å²) in [6.45, 7) is 2.71. The second-order valence-electron chi connectivity index (χ2n) is 3.84. The van der Waals surface area contributed by atoms with Gasteiger partial charge in [-0.05, 0) is 28.8 Å². The Morgan fingerprint density at radius 3 is 3.06 bits per heavy atom. The summed E-state index contributed by atoms with van der Waals surface area (Å²) in [5.74, 6) is 0.00341. The molecule has 0 saturated carbocycles. The van der Waals surface area contributed by atoms with Gasteiger partial charge in [0.25, 0.3) is 0 Å². The van der Waals surface area contributed by atoms with Crippen LogP contribution in [0.3, 0.4) is 0 Å². The highest BCUT2D eigenvalue weighted by Crippen LogP contribution is 2.07. The third-order valence-corrected chi connectivity index (χ3v) is 3.11. The predicted octanol–water partition coefficient (Wildman–Crippen LogP) is 2.35. The molecule has 1 atom stereocenters. The van der Waals surface area contributed by atoms with Gasteiger partial charge in [-0.2, -0.15) is 11.3 Å². The summed E-state index contributed by atoms with van der Waals surface area (Å²) in [6.07, 6.45) is 2.82. The zero-order valence-corrected chi connectivity index (χ0v) is 10.5. The van der Waals surface area contributed by atoms with E-state index in [1.54, 1.807) is 11.3 Å². The molecule has 0 spiro atoms. The van der Waals surface area contributed by atoms with E-state index in [-0.39, 0.29) is 18.4 Å². The van der Waals surface area contributed by atoms with Gasteiger partial charge < -0.3 is 10.5 Å². The maximum absolute atomic E-state index is 11.5. The van der Waals surface area contributed by atoms with Gasteiger partial charge in [0, 0.05) is 0 Å². The molecule has 16 heavy (non-hydrogen) atoms. The van der Waals surface area contributed by atoms with Crippen LogP contribution in [-0.4, -0.2) is 18.4 Å². The maximum Gasteiger partial charge on any atom is 0.175 e. The molecule has 0 amide bonds. The largest absolute Gasteiger partial charge is 0.369 e. The zero-order chi connectivity index (χ0) is 11.8. The number of ketones is 1. The van der Waals surface area contributed by atoms with Gasteiger partial charge in [-0.25, -0.2) is 0 Å². The molecule has 4 heteroatoms. The number of thiophene rings is 1. The lowest BCUT2D eigenvalue weighted by Crippen LogP contribution is -2.33. The van der Waals surface area contributed by atoms with Gasteiger partial charge in [0.05, 0.1) is 12.6 Å². The molecule has 2 N–H and O–H groups in total. The van der Waals surface area contributed by atoms with E-state index in [0.29, 0.717) is 6.61 Å². The van der Waals surface area contributed by atoms with Crippen molar-refractivity contribution < 1.29 is 9.53 Å². The molecule has 0 radical (unpaired) electrons. The molecular weight excluding hydrogens is 222 g/mol. The molecule has 1 heterocycles. The average molecular weight is 241 g/mol. The highest BCUT2D eigenvalue weighted by molar-refractivity contribution is 7.07. The lowest BCUT2D eigenvalue weighted by Gasteiger charge is -2.09. The highest BCUT2D eigenvalue weighted by Gasteiger charge is 2.12. The lowest BCUT2D eigenvalue weighted by atomic mass is 10.1. The van der Waals surface area contributed by atoms with Crippen molar-refractivity contribution in [3.8, 4) is 0 Å². The number of hydrogen-bond acceptors (Lipinski definition) is 4. The van der Waals surface area contributed by atoms with Gasteiger partial charge >= 0.3 is 0 Å². The Hall–Kier alpha value is -0.710. The van der Waals surface area contributed by atoms with Crippen molar-refractivity contribution in [1.82, 2.24) is 0 Å². The Labute approximate surface area is 101 Å². The van der Waals surface area contributed by atoms with E-state index in [9.17, 15) is 4.79 Å². The summed E-state index contributed by atoms with van der Waals surface area (Å²) >= 11 is 1.63. The SMILES string of the molecule is CCCC[C@H](N)C(=O)COCc1ccsc1. The van der Waals surface area contributed by atoms with Crippen molar-refractivity contribution in [2.24, 2.45) is 5.73 Å². The fraction of sp³-hybridized carbons (Fsp3) is 0.583. The normalized spacial score (nSPS) is 12.6. The summed E-state index contributed by atoms with van der Waals surface area (Å²) < 4.78 is 5.32. The summed E-state index contributed by atoms with van der Waals surface area (Å²) in [5.41, 5.74) is 6.85. The van der Waals surface area contributed by atoms with Crippen molar-refractivity contribution in [2.45, 2.75) is 38.8 Å². The van der Waals surface area contributed by atoms with Crippen molar-refractivity contribution >= 4 is 17.1 Å². The molecule has 0 saturated heterocycles. The molecule has 1 aromatic rings. The first kappa shape index (κ1) is 13.4. The van der Waals surface area contributed by atoms with E-state index >= 15 is 0 Å². The van der Waals surface area contributed by atoms with Gasteiger partial charge in [0.1, 0.15) is 6.61 Å². The number of unbranched alkanes of at least 4 members (excludes halogenated alkanes) is 1. The van der Waals surface area contributed by atoms with Crippen LogP contribution in [0.25, 0.3) is 0 Å². The highest BCUT2D eigenvalue weighted by atomic mass is 32.1. The molecule has 1 aromatic heterocycles. The van der Waals surface area contributed by atoms with Crippen LogP contribution in [-0.2, 0) is 16.1 Å². The van der Waals surface area contributed by atoms with Crippen LogP contribution in [0, 0.1) is 0 Å². The third-order valence-electron chi connectivity index (χ3n) is 2.38. The first-order valence-corrected chi connectivity index (χ1v) is 6.55. The minimum absolute atomic E-state index is 0.00341. The van der Waals surface area contributed by atoms with Gasteiger partial charge in [0.15, 0.2) is 5.78 Å². The van der Waals surface area contributed by atoms with Gasteiger partial charge in [-0.3, -0.25) is 4.79 Å². The molecule has 0 bridgehead atoms. The van der Waals surface area contributed by atoms with Crippen LogP contribution in [0.2, 0.25) is 0 Å². The van der Waals surface area contributed by atoms with Crippen molar-refractivity contribution in [1.29, 1.82) is 0 Å². The number of Topliss-reactive ketones (excluding diaryl/α,β-unsaturated/α-hetero) is 1. The number of carbonyl (C=O) groups excluding carboxylic acids is 1. The Bertz CT molecular complexity index is 298. The Kier molecular flexibility index (Phi) is 6.30. The van der Waals surface area contributed by atoms with E-state index in [0.717, 1.165) is 24.8 Å². The van der Waals surface area contributed by atoms with Gasteiger partial charge in [0.2, 0.25) is 0 Å². The molecule has 0 aliphatic carbocycles. The summed E-state index contributed by atoms with van der Waals surface area (Å²) in [4.78, 5) is 11.5. The van der Waals surface area contributed by atoms with E-state index in [4.69, 9.17) is 10.5 Å². The van der Waals surface area contributed by atoms with Crippen LogP contribution in [0.5, 0.6) is 0 Å². The molecular formula is C12H19NO2S. The fourth-order valence-electron chi connectivity index (χ4n) is 1.34. The summed E-state index contributed by atoms with van der Waals surface area (Å²) in [7, 11) is 0. The van der Waals surface area contributed by atoms with Crippen LogP contribution >= 0.6 is 11.3 Å². The van der Waals surface area contributed by atoms with Crippen molar-refractivity contribution in [3.63, 3.8) is 0 Å². The standard InChI is InChI=1S/C12H19NO2S/c1-2-3-4-11(13)12(14)8-15-7-10-5-6-16-9-10/h5-6,9,11H,2-4,7-8,13H2,1H3/t11-/m0/s1. The van der Waals surface area contributed by atoms with Crippen LogP contribution in [0.15, 0.2) is 16.8 Å². The minimum Gasteiger partial charge on any atom is -0.369 e. The molecule has 3 nitrogen and oxygen atoms in total. The van der Waals surface area contributed by atoms with Crippen molar-refractivity contribution in [3.05, 3.63) is 22.4 Å². The first-order valence-electron chi connectivity index (χ1n) is 5.61. The Morgan fingerprint density at radius 2 is 2.44 bits per heavy atom. The van der Waals surface area contributed by atoms with E-state index in [2.05, 4.69) is 6.92 Å². The van der Waals surface area contributed by atoms with Crippen molar-refractivity contribution in [2.75, 3.05) is 6.61 Å². The number of nitrogens with two attached hydrogens (primary N) is 1. The zero-order valence-electron chi connectivity index (χ0n) is 9.65. The second-order valence-corrected chi connectivity index (χ2v) is 4.62. The Morgan fingerprint density at radius 1 is 1.62 bits per heavy atom. The molecule has 0 aliphatic rings. The topological polar surface area (TPSA) is 52.3 Å². The second kappa shape index (κ2) is 7.54. The fourth-order valence-corrected chi connectivity index (χ4v) is 1.99. The molecule has 0 aliphatic heterocycles. The summed E-state index contributed by atoms with van der Waals surface area (Å²) in [5, 5.41) is 4.01. The Balaban J connectivity index is 2.14. The maximum atomic E-state index is 11.5. The molecule has 0 unspecified atom stereocenters. The smallest absolute Gasteiger partial charge is 0.175 e. The van der Waals surface area contributed by atoms with Crippen LogP contribution in [0.4, 0.5) is 0 Å². The minimum atomic E-state index is -0.359. The van der Waals surface area contributed by atoms with E-state index in [1.807, 2.05) is 16.8 Å². The number of ether oxygens (including phenoxy) is 1. The summed E-state index contributed by atoms with van der Waals surface area (Å²) in [6, 6.07) is 1.63. The van der Waals surface area contributed by atoms with E-state index < -0.39 is 0 Å². The third kappa shape index (κ3) is 4.88. The molecule has 0 aromatic carbocycles. The predicted molar refractivity (Wildman–Crippen MR) is 66.5 cm³/mol. The number of rotatable bonds is 8. The number of hydrogen-bond donors (Lipinski definition) is 1. The van der Waals surface area contributed by atoms with E-state index in [1.165, 1.54) is 0 Å². The van der Waals surface area contributed by atoms with Gasteiger partial charge in [-0.15, -0.1) is 0 Å². The monoisotopic (exact) mass is 241 g/mol. The quantitative estimate of drug-likeness (QED) is 0.760. The first-order chi connectivity index (χ1) is 7.74. The number of carbonyl (C=O) groups is 1. The van der Waals surface area contributed by atoms with Crippen LogP contribution in [0.1, 0.15) is 31.7 Å².